The summed E-state index contributed by atoms with van der Waals surface area (Å²) in [6.45, 7) is -1.16. The second-order valence-electron chi connectivity index (χ2n) is 7.75. The van der Waals surface area contributed by atoms with E-state index in [0.717, 1.165) is 24.3 Å². The second kappa shape index (κ2) is 12.1. The molecular formula is C25H24F5O5S2+. The van der Waals surface area contributed by atoms with Crippen LogP contribution >= 0.6 is 10.3 Å². The third kappa shape index (κ3) is 6.31. The minimum Gasteiger partial charge on any atom is -0.460 e. The van der Waals surface area contributed by atoms with E-state index in [1.165, 1.54) is 48.5 Å². The molecule has 0 spiro atoms. The lowest BCUT2D eigenvalue weighted by atomic mass is 10.3. The lowest BCUT2D eigenvalue weighted by Gasteiger charge is -2.35. The molecule has 0 saturated heterocycles. The molecule has 0 aliphatic carbocycles. The molecule has 0 radical (unpaired) electrons. The number of alkyl halides is 3. The summed E-state index contributed by atoms with van der Waals surface area (Å²) in [4.78, 5) is 12.4. The van der Waals surface area contributed by atoms with Gasteiger partial charge in [0, 0.05) is 0 Å². The van der Waals surface area contributed by atoms with Gasteiger partial charge in [-0.25, -0.2) is 13.6 Å². The minimum absolute atomic E-state index is 0.0469. The van der Waals surface area contributed by atoms with Gasteiger partial charge in [0.1, 0.15) is 11.6 Å². The minimum atomic E-state index is -5.92. The largest absolute Gasteiger partial charge is 0.514 e. The van der Waals surface area contributed by atoms with E-state index in [-0.39, 0.29) is 33.9 Å². The van der Waals surface area contributed by atoms with Crippen LogP contribution in [-0.2, 0) is 19.6 Å². The predicted octanol–water partition coefficient (Wildman–Crippen LogP) is 6.86. The fourth-order valence-corrected chi connectivity index (χ4v) is 8.62. The number of hydrogen-bond acceptors (Lipinski definition) is 4. The molecule has 3 aromatic carbocycles. The Bertz CT molecular complexity index is 1240. The van der Waals surface area contributed by atoms with E-state index in [9.17, 15) is 26.4 Å². The summed E-state index contributed by atoms with van der Waals surface area (Å²) in [7, 11) is -9.42. The van der Waals surface area contributed by atoms with Gasteiger partial charge in [-0.2, -0.15) is 8.78 Å². The maximum Gasteiger partial charge on any atom is 0.514 e. The fraction of sp³-hybridized carbons (Fsp3) is 0.240. The number of rotatable bonds is 12. The van der Waals surface area contributed by atoms with Crippen molar-refractivity contribution in [3.05, 3.63) is 90.5 Å². The van der Waals surface area contributed by atoms with Crippen LogP contribution in [0.5, 0.6) is 0 Å². The molecule has 0 saturated carbocycles. The van der Waals surface area contributed by atoms with Gasteiger partial charge in [0.15, 0.2) is 0 Å². The molecule has 0 aromatic heterocycles. The van der Waals surface area contributed by atoms with E-state index in [1.807, 2.05) is 0 Å². The van der Waals surface area contributed by atoms with Crippen LogP contribution in [-0.4, -0.2) is 36.6 Å². The standard InChI is InChI=1S/C25H23F5O5S2/c26-17-5-2-6-18-34-24(31)25(29,30)37(32,33)35-36(21-7-3-1-4-8-21,22-13-9-19(27)10-14-22)23-15-11-20(28)12-16-23/h1,3-4,7-16H,2,5-6,17-18H2/p+1. The van der Waals surface area contributed by atoms with Gasteiger partial charge in [0.25, 0.3) is 0 Å². The first-order chi connectivity index (χ1) is 17.5. The van der Waals surface area contributed by atoms with Crippen molar-refractivity contribution in [3.63, 3.8) is 0 Å². The van der Waals surface area contributed by atoms with Crippen LogP contribution in [0.15, 0.2) is 93.5 Å². The monoisotopic (exact) mass is 563 g/mol. The molecule has 0 bridgehead atoms. The van der Waals surface area contributed by atoms with Crippen LogP contribution in [0.1, 0.15) is 19.3 Å². The van der Waals surface area contributed by atoms with Crippen molar-refractivity contribution in [2.45, 2.75) is 39.2 Å². The number of benzene rings is 3. The molecule has 0 heterocycles. The van der Waals surface area contributed by atoms with Crippen molar-refractivity contribution in [2.75, 3.05) is 13.3 Å². The molecule has 3 rings (SSSR count). The Morgan fingerprint density at radius 2 is 1.24 bits per heavy atom. The summed E-state index contributed by atoms with van der Waals surface area (Å²) in [6, 6.07) is 16.4. The average Bonchev–Trinajstić information content (AvgIpc) is 2.88. The lowest BCUT2D eigenvalue weighted by Crippen LogP contribution is -2.42. The van der Waals surface area contributed by atoms with E-state index in [4.69, 9.17) is 0 Å². The molecule has 1 N–H and O–H groups in total. The normalized spacial score (nSPS) is 12.8. The Balaban J connectivity index is 2.12. The van der Waals surface area contributed by atoms with Gasteiger partial charge in [-0.3, -0.25) is 8.02 Å². The molecule has 5 nitrogen and oxygen atoms in total. The number of hydrogen-bond donors (Lipinski definition) is 0. The van der Waals surface area contributed by atoms with Crippen LogP contribution in [0.3, 0.4) is 0 Å². The van der Waals surface area contributed by atoms with Crippen molar-refractivity contribution in [1.29, 1.82) is 0 Å². The zero-order chi connectivity index (χ0) is 27.1. The van der Waals surface area contributed by atoms with Crippen LogP contribution in [0.2, 0.25) is 0 Å². The number of halogens is 5. The molecule has 0 aliphatic rings. The topological polar surface area (TPSA) is 73.2 Å². The summed E-state index contributed by atoms with van der Waals surface area (Å²) in [6.07, 6.45) is 0.454. The molecule has 0 fully saturated rings. The van der Waals surface area contributed by atoms with Gasteiger partial charge in [0.05, 0.1) is 38.3 Å². The Morgan fingerprint density at radius 1 is 0.757 bits per heavy atom. The molecule has 0 amide bonds. The summed E-state index contributed by atoms with van der Waals surface area (Å²) in [5.74, 6) is -3.67. The zero-order valence-corrected chi connectivity index (χ0v) is 21.0. The second-order valence-corrected chi connectivity index (χ2v) is 12.4. The number of esters is 1. The first-order valence-corrected chi connectivity index (χ1v) is 14.1. The van der Waals surface area contributed by atoms with E-state index >= 15 is 8.78 Å². The zero-order valence-electron chi connectivity index (χ0n) is 19.3. The smallest absolute Gasteiger partial charge is 0.460 e. The van der Waals surface area contributed by atoms with E-state index in [1.54, 1.807) is 6.07 Å². The molecule has 200 valence electrons. The van der Waals surface area contributed by atoms with Gasteiger partial charge in [-0.15, -0.1) is 8.42 Å². The maximum atomic E-state index is 15.1. The van der Waals surface area contributed by atoms with E-state index in [2.05, 4.69) is 8.37 Å². The van der Waals surface area contributed by atoms with Crippen LogP contribution in [0.4, 0.5) is 22.0 Å². The third-order valence-electron chi connectivity index (χ3n) is 5.18. The summed E-state index contributed by atoms with van der Waals surface area (Å²) in [5.41, 5.74) is 0. The SMILES string of the molecule is O=C(OCCCCCF)C(F)(F)S(=O)(=O)[OH+]S(c1ccccc1)(c1ccc(F)cc1)c1ccc(F)cc1. The van der Waals surface area contributed by atoms with Crippen molar-refractivity contribution < 1.29 is 43.5 Å². The molecule has 0 atom stereocenters. The summed E-state index contributed by atoms with van der Waals surface area (Å²) < 4.78 is 104. The highest BCUT2D eigenvalue weighted by molar-refractivity contribution is 8.32. The molecule has 0 unspecified atom stereocenters. The molecule has 12 heteroatoms. The maximum absolute atomic E-state index is 15.1. The van der Waals surface area contributed by atoms with Gasteiger partial charge in [-0.1, -0.05) is 18.2 Å². The van der Waals surface area contributed by atoms with Crippen LogP contribution < -0.4 is 0 Å². The molecular weight excluding hydrogens is 539 g/mol. The molecule has 37 heavy (non-hydrogen) atoms. The Labute approximate surface area is 212 Å². The quantitative estimate of drug-likeness (QED) is 0.0794. The van der Waals surface area contributed by atoms with E-state index in [0.29, 0.717) is 0 Å². The van der Waals surface area contributed by atoms with Gasteiger partial charge in [-0.05, 0) is 79.9 Å². The fourth-order valence-electron chi connectivity index (χ4n) is 3.34. The highest BCUT2D eigenvalue weighted by Crippen LogP contribution is 2.68. The Morgan fingerprint density at radius 3 is 1.73 bits per heavy atom. The first-order valence-electron chi connectivity index (χ1n) is 11.0. The van der Waals surface area contributed by atoms with Gasteiger partial charge in [0.2, 0.25) is 0 Å². The third-order valence-corrected chi connectivity index (χ3v) is 10.5. The summed E-state index contributed by atoms with van der Waals surface area (Å²) >= 11 is 0. The van der Waals surface area contributed by atoms with Crippen molar-refractivity contribution >= 4 is 26.4 Å². The van der Waals surface area contributed by atoms with Gasteiger partial charge >= 0.3 is 21.3 Å². The molecule has 0 aliphatic heterocycles. The van der Waals surface area contributed by atoms with E-state index < -0.39 is 56.6 Å². The number of carbonyl (C=O) groups is 1. The average molecular weight is 564 g/mol. The molecule has 3 aromatic rings. The van der Waals surface area contributed by atoms with Gasteiger partial charge < -0.3 is 4.74 Å². The number of ether oxygens (including phenoxy) is 1. The number of carbonyl (C=O) groups excluding carboxylic acids is 1. The Kier molecular flexibility index (Phi) is 9.32. The van der Waals surface area contributed by atoms with Crippen LogP contribution in [0.25, 0.3) is 0 Å². The number of unbranched alkanes of at least 4 members (excludes halogenated alkanes) is 2. The van der Waals surface area contributed by atoms with Crippen molar-refractivity contribution in [1.82, 2.24) is 0 Å². The first kappa shape index (κ1) is 28.6. The Hall–Kier alpha value is -2.96. The van der Waals surface area contributed by atoms with Crippen molar-refractivity contribution in [2.24, 2.45) is 0 Å². The highest BCUT2D eigenvalue weighted by atomic mass is 32.3. The lowest BCUT2D eigenvalue weighted by molar-refractivity contribution is -0.161. The predicted molar refractivity (Wildman–Crippen MR) is 129 cm³/mol. The van der Waals surface area contributed by atoms with Crippen LogP contribution in [0, 0.1) is 11.6 Å². The highest BCUT2D eigenvalue weighted by Gasteiger charge is 2.63. The summed E-state index contributed by atoms with van der Waals surface area (Å²) in [5, 5.41) is -5.07. The van der Waals surface area contributed by atoms with Crippen molar-refractivity contribution in [3.8, 4) is 0 Å².